The topological polar surface area (TPSA) is 115 Å². The number of aliphatic hydroxyl groups excluding tert-OH is 1. The number of urea groups is 1. The van der Waals surface area contributed by atoms with Crippen molar-refractivity contribution in [2.45, 2.75) is 43.7 Å². The van der Waals surface area contributed by atoms with Crippen molar-refractivity contribution in [3.8, 4) is 0 Å². The maximum Gasteiger partial charge on any atom is 0.331 e. The second-order valence-electron chi connectivity index (χ2n) is 11.9. The predicted octanol–water partition coefficient (Wildman–Crippen LogP) is 5.67. The fourth-order valence-corrected chi connectivity index (χ4v) is 7.22. The summed E-state index contributed by atoms with van der Waals surface area (Å²) in [5.74, 6) is -1.16. The van der Waals surface area contributed by atoms with Crippen LogP contribution < -0.4 is 0 Å². The number of halogens is 4. The first kappa shape index (κ1) is 38.0. The molecule has 15 heteroatoms. The van der Waals surface area contributed by atoms with Crippen LogP contribution in [0.25, 0.3) is 0 Å². The van der Waals surface area contributed by atoms with Crippen LogP contribution in [0, 0.1) is 0 Å². The Kier molecular flexibility index (Phi) is 14.0. The van der Waals surface area contributed by atoms with Gasteiger partial charge in [-0.2, -0.15) is 0 Å². The number of rotatable bonds is 13. The molecule has 0 aliphatic carbocycles. The normalized spacial score (nSPS) is 17.7. The van der Waals surface area contributed by atoms with Crippen LogP contribution in [0.15, 0.2) is 41.6 Å². The first-order valence-corrected chi connectivity index (χ1v) is 17.2. The minimum atomic E-state index is -1.01. The van der Waals surface area contributed by atoms with E-state index in [0.717, 1.165) is 31.5 Å². The standard InChI is InChI=1S/C33H41Cl4N5O6/c1-39(31(44)22-15-23(34)18-24(35)16-22)19-29(38-48-3)26(21-5-6-27(36)28(37)17-21)9-14-40-12-7-25(8-13-40)41-10-4-11-42(33(41)46)30(20-43)32(45)47-2/h5-6,15-18,25-26,30,43H,4,7-14,19-20H2,1-3H3. The fraction of sp³-hybridized carbons (Fsp3) is 0.515. The smallest absolute Gasteiger partial charge is 0.331 e. The molecule has 48 heavy (non-hydrogen) atoms. The minimum Gasteiger partial charge on any atom is -0.467 e. The lowest BCUT2D eigenvalue weighted by Gasteiger charge is -2.44. The Morgan fingerprint density at radius 2 is 1.69 bits per heavy atom. The highest BCUT2D eigenvalue weighted by molar-refractivity contribution is 6.42. The van der Waals surface area contributed by atoms with Gasteiger partial charge in [-0.25, -0.2) is 9.59 Å². The molecule has 4 rings (SSSR count). The Hall–Kier alpha value is -2.80. The number of oxime groups is 1. The predicted molar refractivity (Wildman–Crippen MR) is 187 cm³/mol. The molecule has 2 saturated heterocycles. The average Bonchev–Trinajstić information content (AvgIpc) is 3.06. The molecule has 11 nitrogen and oxygen atoms in total. The van der Waals surface area contributed by atoms with Crippen molar-refractivity contribution in [1.29, 1.82) is 0 Å². The van der Waals surface area contributed by atoms with Crippen molar-refractivity contribution < 1.29 is 29.1 Å². The summed E-state index contributed by atoms with van der Waals surface area (Å²) >= 11 is 25.0. The zero-order chi connectivity index (χ0) is 35.0. The van der Waals surface area contributed by atoms with Crippen LogP contribution in [0.5, 0.6) is 0 Å². The first-order chi connectivity index (χ1) is 23.0. The molecule has 2 unspecified atom stereocenters. The lowest BCUT2D eigenvalue weighted by molar-refractivity contribution is -0.148. The number of likely N-dealkylation sites (tertiary alicyclic amines) is 1. The number of piperidine rings is 1. The summed E-state index contributed by atoms with van der Waals surface area (Å²) in [5.41, 5.74) is 1.86. The molecular formula is C33H41Cl4N5O6. The van der Waals surface area contributed by atoms with Gasteiger partial charge in [0.1, 0.15) is 7.11 Å². The highest BCUT2D eigenvalue weighted by atomic mass is 35.5. The van der Waals surface area contributed by atoms with Crippen LogP contribution in [0.2, 0.25) is 20.1 Å². The van der Waals surface area contributed by atoms with E-state index in [9.17, 15) is 19.5 Å². The Morgan fingerprint density at radius 1 is 1.00 bits per heavy atom. The highest BCUT2D eigenvalue weighted by Crippen LogP contribution is 2.31. The molecular weight excluding hydrogens is 704 g/mol. The van der Waals surface area contributed by atoms with Crippen molar-refractivity contribution >= 4 is 70.0 Å². The van der Waals surface area contributed by atoms with Crippen molar-refractivity contribution in [3.63, 3.8) is 0 Å². The Bertz CT molecular complexity index is 1470. The number of amides is 3. The van der Waals surface area contributed by atoms with E-state index >= 15 is 0 Å². The zero-order valence-electron chi connectivity index (χ0n) is 27.2. The van der Waals surface area contributed by atoms with Crippen molar-refractivity contribution in [2.75, 3.05) is 67.1 Å². The quantitative estimate of drug-likeness (QED) is 0.160. The molecule has 3 amide bonds. The summed E-state index contributed by atoms with van der Waals surface area (Å²) in [7, 11) is 4.39. The van der Waals surface area contributed by atoms with E-state index in [1.807, 2.05) is 17.0 Å². The minimum absolute atomic E-state index is 0.0182. The summed E-state index contributed by atoms with van der Waals surface area (Å²) in [5, 5.41) is 15.7. The SMILES string of the molecule is CON=C(CN(C)C(=O)c1cc(Cl)cc(Cl)c1)C(CCN1CCC(N2CCCN(C(CO)C(=O)OC)C2=O)CC1)c1ccc(Cl)c(Cl)c1. The number of aliphatic hydroxyl groups is 1. The number of esters is 1. The maximum absolute atomic E-state index is 13.4. The molecule has 262 valence electrons. The van der Waals surface area contributed by atoms with E-state index in [2.05, 4.69) is 10.1 Å². The van der Waals surface area contributed by atoms with Crippen molar-refractivity contribution in [2.24, 2.45) is 5.16 Å². The molecule has 0 bridgehead atoms. The third-order valence-electron chi connectivity index (χ3n) is 8.86. The van der Waals surface area contributed by atoms with E-state index in [0.29, 0.717) is 63.8 Å². The van der Waals surface area contributed by atoms with Crippen LogP contribution >= 0.6 is 46.4 Å². The van der Waals surface area contributed by atoms with Gasteiger partial charge in [0, 0.05) is 60.8 Å². The van der Waals surface area contributed by atoms with Gasteiger partial charge in [-0.15, -0.1) is 0 Å². The van der Waals surface area contributed by atoms with E-state index in [-0.39, 0.29) is 30.4 Å². The van der Waals surface area contributed by atoms with E-state index in [4.69, 9.17) is 56.0 Å². The molecule has 0 saturated carbocycles. The molecule has 0 aromatic heterocycles. The third kappa shape index (κ3) is 9.46. The van der Waals surface area contributed by atoms with E-state index in [1.54, 1.807) is 31.3 Å². The summed E-state index contributed by atoms with van der Waals surface area (Å²) in [6.07, 6.45) is 2.87. The van der Waals surface area contributed by atoms with Crippen LogP contribution in [0.4, 0.5) is 4.79 Å². The highest BCUT2D eigenvalue weighted by Gasteiger charge is 2.39. The maximum atomic E-state index is 13.4. The van der Waals surface area contributed by atoms with Crippen LogP contribution in [-0.4, -0.2) is 128 Å². The zero-order valence-corrected chi connectivity index (χ0v) is 30.2. The Labute approximate surface area is 301 Å². The molecule has 2 aromatic rings. The number of nitrogens with zero attached hydrogens (tertiary/aromatic N) is 5. The fourth-order valence-electron chi connectivity index (χ4n) is 6.39. The van der Waals surface area contributed by atoms with Gasteiger partial charge >= 0.3 is 12.0 Å². The molecule has 2 aliphatic heterocycles. The molecule has 0 spiro atoms. The summed E-state index contributed by atoms with van der Waals surface area (Å²) in [6.45, 7) is 2.89. The molecule has 2 heterocycles. The molecule has 2 aromatic carbocycles. The van der Waals surface area contributed by atoms with Gasteiger partial charge < -0.3 is 34.3 Å². The third-order valence-corrected chi connectivity index (χ3v) is 10.0. The second-order valence-corrected chi connectivity index (χ2v) is 13.6. The number of benzene rings is 2. The molecule has 2 atom stereocenters. The Balaban J connectivity index is 1.45. The Morgan fingerprint density at radius 3 is 2.29 bits per heavy atom. The van der Waals surface area contributed by atoms with Gasteiger partial charge in [0.2, 0.25) is 0 Å². The summed E-state index contributed by atoms with van der Waals surface area (Å²) in [6, 6.07) is 8.92. The molecule has 0 radical (unpaired) electrons. The van der Waals surface area contributed by atoms with Gasteiger partial charge in [0.15, 0.2) is 6.04 Å². The van der Waals surface area contributed by atoms with Gasteiger partial charge in [-0.1, -0.05) is 57.6 Å². The first-order valence-electron chi connectivity index (χ1n) is 15.7. The monoisotopic (exact) mass is 743 g/mol. The number of carbonyl (C=O) groups excluding carboxylic acids is 3. The average molecular weight is 746 g/mol. The number of hydrogen-bond donors (Lipinski definition) is 1. The number of hydrogen-bond acceptors (Lipinski definition) is 8. The van der Waals surface area contributed by atoms with Crippen LogP contribution in [0.3, 0.4) is 0 Å². The van der Waals surface area contributed by atoms with Crippen molar-refractivity contribution in [3.05, 3.63) is 67.6 Å². The van der Waals surface area contributed by atoms with E-state index in [1.165, 1.54) is 24.0 Å². The summed E-state index contributed by atoms with van der Waals surface area (Å²) in [4.78, 5) is 51.3. The number of methoxy groups -OCH3 is 1. The second kappa shape index (κ2) is 17.7. The lowest BCUT2D eigenvalue weighted by Crippen LogP contribution is -2.60. The number of ether oxygens (including phenoxy) is 1. The number of carbonyl (C=O) groups is 3. The van der Waals surface area contributed by atoms with Gasteiger partial charge in [-0.3, -0.25) is 4.79 Å². The lowest BCUT2D eigenvalue weighted by atomic mass is 9.89. The van der Waals surface area contributed by atoms with E-state index < -0.39 is 18.6 Å². The molecule has 1 N–H and O–H groups in total. The van der Waals surface area contributed by atoms with Gasteiger partial charge in [0.25, 0.3) is 5.91 Å². The largest absolute Gasteiger partial charge is 0.467 e. The molecule has 2 fully saturated rings. The van der Waals surface area contributed by atoms with Gasteiger partial charge in [0.05, 0.1) is 36.0 Å². The van der Waals surface area contributed by atoms with Crippen LogP contribution in [0.1, 0.15) is 47.5 Å². The van der Waals surface area contributed by atoms with Crippen molar-refractivity contribution in [1.82, 2.24) is 19.6 Å². The summed E-state index contributed by atoms with van der Waals surface area (Å²) < 4.78 is 4.81. The van der Waals surface area contributed by atoms with Gasteiger partial charge in [-0.05, 0) is 68.1 Å². The molecule has 2 aliphatic rings. The van der Waals surface area contributed by atoms with Crippen LogP contribution in [-0.2, 0) is 14.4 Å².